The molecule has 1 heterocycles. The number of hydrogen-bond donors (Lipinski definition) is 2. The number of halogens is 3. The van der Waals surface area contributed by atoms with E-state index in [0.717, 1.165) is 44.7 Å². The number of hydrogen-bond acceptors (Lipinski definition) is 2. The lowest BCUT2D eigenvalue weighted by molar-refractivity contribution is -0.135. The summed E-state index contributed by atoms with van der Waals surface area (Å²) in [5, 5.41) is 6.52. The maximum Gasteiger partial charge on any atom is 0.225 e. The van der Waals surface area contributed by atoms with E-state index in [1.165, 1.54) is 18.6 Å². The van der Waals surface area contributed by atoms with Crippen LogP contribution in [0.15, 0.2) is 23.2 Å². The molecule has 162 valence electrons. The molecule has 29 heavy (non-hydrogen) atoms. The first-order valence-corrected chi connectivity index (χ1v) is 10.3. The van der Waals surface area contributed by atoms with Crippen molar-refractivity contribution < 1.29 is 13.6 Å². The van der Waals surface area contributed by atoms with Gasteiger partial charge in [-0.3, -0.25) is 9.79 Å². The second-order valence-electron chi connectivity index (χ2n) is 7.73. The van der Waals surface area contributed by atoms with Crippen LogP contribution in [0.1, 0.15) is 44.1 Å². The number of benzene rings is 1. The number of nitrogens with zero attached hydrogens (tertiary/aromatic N) is 2. The molecule has 0 spiro atoms. The first-order chi connectivity index (χ1) is 13.6. The molecular formula is C21H31F2IN4O. The Balaban J connectivity index is 0.00000300. The number of carbonyl (C=O) groups is 1. The van der Waals surface area contributed by atoms with E-state index in [0.29, 0.717) is 36.9 Å². The molecule has 2 N–H and O–H groups in total. The van der Waals surface area contributed by atoms with Gasteiger partial charge in [-0.15, -0.1) is 24.0 Å². The van der Waals surface area contributed by atoms with Gasteiger partial charge in [0.05, 0.1) is 0 Å². The van der Waals surface area contributed by atoms with Crippen LogP contribution < -0.4 is 10.6 Å². The molecule has 1 aromatic carbocycles. The van der Waals surface area contributed by atoms with Gasteiger partial charge in [-0.1, -0.05) is 25.3 Å². The highest BCUT2D eigenvalue weighted by atomic mass is 127. The van der Waals surface area contributed by atoms with Crippen LogP contribution in [0.3, 0.4) is 0 Å². The van der Waals surface area contributed by atoms with Gasteiger partial charge in [0.25, 0.3) is 0 Å². The summed E-state index contributed by atoms with van der Waals surface area (Å²) in [6, 6.07) is 3.80. The van der Waals surface area contributed by atoms with Gasteiger partial charge >= 0.3 is 0 Å². The van der Waals surface area contributed by atoms with E-state index >= 15 is 0 Å². The van der Waals surface area contributed by atoms with Gasteiger partial charge in [0.1, 0.15) is 11.6 Å². The Morgan fingerprint density at radius 3 is 2.66 bits per heavy atom. The van der Waals surface area contributed by atoms with Crippen LogP contribution in [0, 0.1) is 17.6 Å². The van der Waals surface area contributed by atoms with E-state index in [2.05, 4.69) is 15.6 Å². The highest BCUT2D eigenvalue weighted by molar-refractivity contribution is 14.0. The summed E-state index contributed by atoms with van der Waals surface area (Å²) in [5.41, 5.74) is 0.467. The number of carbonyl (C=O) groups excluding carboxylic acids is 1. The summed E-state index contributed by atoms with van der Waals surface area (Å²) in [6.07, 6.45) is 6.95. The van der Waals surface area contributed by atoms with Crippen molar-refractivity contribution in [3.05, 3.63) is 35.4 Å². The zero-order chi connectivity index (χ0) is 19.9. The Bertz CT molecular complexity index is 710. The summed E-state index contributed by atoms with van der Waals surface area (Å²) in [4.78, 5) is 18.9. The summed E-state index contributed by atoms with van der Waals surface area (Å²) < 4.78 is 26.7. The van der Waals surface area contributed by atoms with Crippen LogP contribution in [-0.2, 0) is 11.2 Å². The van der Waals surface area contributed by atoms with Crippen LogP contribution in [0.25, 0.3) is 0 Å². The molecule has 1 aliphatic heterocycles. The minimum atomic E-state index is -0.569. The number of rotatable bonds is 5. The minimum absolute atomic E-state index is 0. The van der Waals surface area contributed by atoms with Crippen LogP contribution in [-0.4, -0.2) is 49.5 Å². The molecule has 8 heteroatoms. The molecule has 1 saturated heterocycles. The lowest BCUT2D eigenvalue weighted by Crippen LogP contribution is -2.46. The summed E-state index contributed by atoms with van der Waals surface area (Å²) in [7, 11) is 1.69. The number of likely N-dealkylation sites (tertiary alicyclic amines) is 1. The second-order valence-corrected chi connectivity index (χ2v) is 7.73. The van der Waals surface area contributed by atoms with Crippen molar-refractivity contribution in [2.24, 2.45) is 10.9 Å². The SMILES string of the molecule is CN=C(NCCc1ccc(F)cc1F)NC1CCN(C(=O)C2CCCCC2)C1.I. The molecule has 1 amide bonds. The fourth-order valence-electron chi connectivity index (χ4n) is 4.11. The average molecular weight is 520 g/mol. The van der Waals surface area contributed by atoms with Crippen molar-refractivity contribution in [2.45, 2.75) is 51.0 Å². The molecule has 1 saturated carbocycles. The smallest absolute Gasteiger partial charge is 0.225 e. The molecule has 0 radical (unpaired) electrons. The number of aliphatic imine (C=N–C) groups is 1. The van der Waals surface area contributed by atoms with Crippen molar-refractivity contribution in [1.82, 2.24) is 15.5 Å². The Morgan fingerprint density at radius 2 is 1.97 bits per heavy atom. The fourth-order valence-corrected chi connectivity index (χ4v) is 4.11. The largest absolute Gasteiger partial charge is 0.356 e. The Morgan fingerprint density at radius 1 is 1.21 bits per heavy atom. The van der Waals surface area contributed by atoms with Crippen LogP contribution in [0.2, 0.25) is 0 Å². The standard InChI is InChI=1S/C21H30F2N4O.HI/c1-24-21(25-11-9-15-7-8-17(22)13-19(15)23)26-18-10-12-27(14-18)20(28)16-5-3-2-4-6-16;/h7-8,13,16,18H,2-6,9-12,14H2,1H3,(H2,24,25,26);1H. The summed E-state index contributed by atoms with van der Waals surface area (Å²) in [6.45, 7) is 1.97. The average Bonchev–Trinajstić information content (AvgIpc) is 3.17. The van der Waals surface area contributed by atoms with E-state index in [-0.39, 0.29) is 35.9 Å². The first-order valence-electron chi connectivity index (χ1n) is 10.3. The molecule has 1 aliphatic carbocycles. The Hall–Kier alpha value is -1.45. The summed E-state index contributed by atoms with van der Waals surface area (Å²) >= 11 is 0. The van der Waals surface area contributed by atoms with E-state index < -0.39 is 11.6 Å². The highest BCUT2D eigenvalue weighted by Gasteiger charge is 2.31. The molecular weight excluding hydrogens is 489 g/mol. The van der Waals surface area contributed by atoms with Gasteiger partial charge in [-0.05, 0) is 37.3 Å². The van der Waals surface area contributed by atoms with Gasteiger partial charge in [0, 0.05) is 44.7 Å². The maximum absolute atomic E-state index is 13.7. The third-order valence-corrected chi connectivity index (χ3v) is 5.72. The van der Waals surface area contributed by atoms with Crippen LogP contribution in [0.5, 0.6) is 0 Å². The van der Waals surface area contributed by atoms with Crippen molar-refractivity contribution >= 4 is 35.8 Å². The van der Waals surface area contributed by atoms with Crippen molar-refractivity contribution in [3.63, 3.8) is 0 Å². The van der Waals surface area contributed by atoms with Gasteiger partial charge in [-0.25, -0.2) is 8.78 Å². The maximum atomic E-state index is 13.7. The summed E-state index contributed by atoms with van der Waals surface area (Å²) in [5.74, 6) is 0.0476. The molecule has 2 fully saturated rings. The number of amides is 1. The van der Waals surface area contributed by atoms with Crippen LogP contribution >= 0.6 is 24.0 Å². The second kappa shape index (κ2) is 11.7. The molecule has 0 bridgehead atoms. The van der Waals surface area contributed by atoms with Crippen LogP contribution in [0.4, 0.5) is 8.78 Å². The fraction of sp³-hybridized carbons (Fsp3) is 0.619. The number of guanidine groups is 1. The van der Waals surface area contributed by atoms with E-state index in [1.54, 1.807) is 7.05 Å². The molecule has 2 aliphatic rings. The predicted molar refractivity (Wildman–Crippen MR) is 122 cm³/mol. The minimum Gasteiger partial charge on any atom is -0.356 e. The zero-order valence-corrected chi connectivity index (χ0v) is 19.3. The number of nitrogens with one attached hydrogen (secondary N) is 2. The lowest BCUT2D eigenvalue weighted by Gasteiger charge is -2.26. The quantitative estimate of drug-likeness (QED) is 0.355. The third kappa shape index (κ3) is 6.79. The molecule has 0 aromatic heterocycles. The van der Waals surface area contributed by atoms with E-state index in [4.69, 9.17) is 0 Å². The molecule has 1 atom stereocenters. The van der Waals surface area contributed by atoms with Crippen molar-refractivity contribution in [3.8, 4) is 0 Å². The molecule has 5 nitrogen and oxygen atoms in total. The Labute approximate surface area is 188 Å². The van der Waals surface area contributed by atoms with E-state index in [9.17, 15) is 13.6 Å². The zero-order valence-electron chi connectivity index (χ0n) is 16.9. The molecule has 1 unspecified atom stereocenters. The van der Waals surface area contributed by atoms with Gasteiger partial charge in [0.2, 0.25) is 5.91 Å². The van der Waals surface area contributed by atoms with Gasteiger partial charge in [-0.2, -0.15) is 0 Å². The highest BCUT2D eigenvalue weighted by Crippen LogP contribution is 2.26. The lowest BCUT2D eigenvalue weighted by atomic mass is 9.88. The van der Waals surface area contributed by atoms with Gasteiger partial charge in [0.15, 0.2) is 5.96 Å². The molecule has 1 aromatic rings. The van der Waals surface area contributed by atoms with Gasteiger partial charge < -0.3 is 15.5 Å². The predicted octanol–water partition coefficient (Wildman–Crippen LogP) is 3.47. The monoisotopic (exact) mass is 520 g/mol. The van der Waals surface area contributed by atoms with Crippen molar-refractivity contribution in [2.75, 3.05) is 26.7 Å². The first kappa shape index (κ1) is 23.8. The third-order valence-electron chi connectivity index (χ3n) is 5.72. The Kier molecular flexibility index (Phi) is 9.58. The normalized spacial score (nSPS) is 20.3. The van der Waals surface area contributed by atoms with Crippen molar-refractivity contribution in [1.29, 1.82) is 0 Å². The van der Waals surface area contributed by atoms with E-state index in [1.807, 2.05) is 4.90 Å². The molecule has 3 rings (SSSR count). The topological polar surface area (TPSA) is 56.7 Å².